The van der Waals surface area contributed by atoms with E-state index >= 15 is 0 Å². The van der Waals surface area contributed by atoms with Gasteiger partial charge in [-0.2, -0.15) is 0 Å². The molecule has 0 radical (unpaired) electrons. The van der Waals surface area contributed by atoms with Gasteiger partial charge in [0.1, 0.15) is 11.5 Å². The van der Waals surface area contributed by atoms with Crippen molar-refractivity contribution >= 4 is 10.8 Å². The summed E-state index contributed by atoms with van der Waals surface area (Å²) in [5.41, 5.74) is 5.46. The molecule has 2 nitrogen and oxygen atoms in total. The quantitative estimate of drug-likeness (QED) is 0.533. The van der Waals surface area contributed by atoms with Gasteiger partial charge in [-0.3, -0.25) is 0 Å². The molecule has 2 aliphatic rings. The first-order chi connectivity index (χ1) is 13.2. The number of phenolic OH excluding ortho intramolecular Hbond substituents is 1. The molecule has 0 atom stereocenters. The average molecular weight is 358 g/mol. The highest BCUT2D eigenvalue weighted by molar-refractivity contribution is 6.05. The lowest BCUT2D eigenvalue weighted by Crippen LogP contribution is -2.26. The van der Waals surface area contributed by atoms with Gasteiger partial charge in [0.25, 0.3) is 0 Å². The lowest BCUT2D eigenvalue weighted by atomic mass is 9.69. The van der Waals surface area contributed by atoms with Crippen LogP contribution in [0.1, 0.15) is 56.1 Å². The Morgan fingerprint density at radius 2 is 1.56 bits per heavy atom. The predicted molar refractivity (Wildman–Crippen MR) is 111 cm³/mol. The second-order valence-corrected chi connectivity index (χ2v) is 8.13. The molecule has 1 saturated carbocycles. The summed E-state index contributed by atoms with van der Waals surface area (Å²) in [5, 5.41) is 12.9. The third-order valence-corrected chi connectivity index (χ3v) is 6.76. The Hall–Kier alpha value is -2.48. The normalized spacial score (nSPS) is 18.0. The number of phenols is 1. The number of hydrogen-bond donors (Lipinski definition) is 1. The van der Waals surface area contributed by atoms with Crippen molar-refractivity contribution in [2.45, 2.75) is 50.4 Å². The van der Waals surface area contributed by atoms with Gasteiger partial charge >= 0.3 is 0 Å². The van der Waals surface area contributed by atoms with Gasteiger partial charge < -0.3 is 9.84 Å². The fourth-order valence-corrected chi connectivity index (χ4v) is 5.49. The second kappa shape index (κ2) is 6.30. The molecule has 5 rings (SSSR count). The number of hydrogen-bond acceptors (Lipinski definition) is 2. The van der Waals surface area contributed by atoms with Crippen LogP contribution in [0.2, 0.25) is 0 Å². The summed E-state index contributed by atoms with van der Waals surface area (Å²) in [7, 11) is 1.70. The molecule has 0 bridgehead atoms. The number of aromatic hydroxyl groups is 1. The summed E-state index contributed by atoms with van der Waals surface area (Å²) in [6.45, 7) is 0. The lowest BCUT2D eigenvalue weighted by Gasteiger charge is -2.34. The first-order valence-electron chi connectivity index (χ1n) is 10.2. The predicted octanol–water partition coefficient (Wildman–Crippen LogP) is 6.56. The van der Waals surface area contributed by atoms with Crippen molar-refractivity contribution in [1.82, 2.24) is 0 Å². The summed E-state index contributed by atoms with van der Waals surface area (Å²) in [4.78, 5) is 0. The van der Waals surface area contributed by atoms with Crippen molar-refractivity contribution in [3.63, 3.8) is 0 Å². The summed E-state index contributed by atoms with van der Waals surface area (Å²) in [5.74, 6) is 1.23. The minimum Gasteiger partial charge on any atom is -0.507 e. The minimum absolute atomic E-state index is 0.0428. The van der Waals surface area contributed by atoms with Crippen LogP contribution in [-0.2, 0) is 5.41 Å². The van der Waals surface area contributed by atoms with Gasteiger partial charge in [-0.15, -0.1) is 0 Å². The molecule has 2 heteroatoms. The maximum atomic E-state index is 10.9. The first kappa shape index (κ1) is 16.7. The zero-order chi connectivity index (χ0) is 18.4. The van der Waals surface area contributed by atoms with E-state index in [1.54, 1.807) is 7.11 Å². The molecule has 1 fully saturated rings. The lowest BCUT2D eigenvalue weighted by molar-refractivity contribution is 0.372. The molecule has 0 saturated heterocycles. The first-order valence-corrected chi connectivity index (χ1v) is 10.2. The van der Waals surface area contributed by atoms with E-state index in [4.69, 9.17) is 4.74 Å². The second-order valence-electron chi connectivity index (χ2n) is 8.13. The van der Waals surface area contributed by atoms with Gasteiger partial charge in [-0.1, -0.05) is 56.4 Å². The number of ether oxygens (including phenoxy) is 1. The van der Waals surface area contributed by atoms with Crippen molar-refractivity contribution in [2.75, 3.05) is 7.11 Å². The van der Waals surface area contributed by atoms with Crippen molar-refractivity contribution in [3.8, 4) is 22.6 Å². The summed E-state index contributed by atoms with van der Waals surface area (Å²) < 4.78 is 5.50. The van der Waals surface area contributed by atoms with E-state index in [1.807, 2.05) is 12.1 Å². The summed E-state index contributed by atoms with van der Waals surface area (Å²) >= 11 is 0. The summed E-state index contributed by atoms with van der Waals surface area (Å²) in [6.07, 6.45) is 8.83. The van der Waals surface area contributed by atoms with Gasteiger partial charge in [-0.05, 0) is 64.7 Å². The minimum atomic E-state index is 0.0428. The van der Waals surface area contributed by atoms with Crippen molar-refractivity contribution in [3.05, 3.63) is 59.7 Å². The van der Waals surface area contributed by atoms with Crippen LogP contribution in [0.15, 0.2) is 48.5 Å². The van der Waals surface area contributed by atoms with Crippen LogP contribution in [0.25, 0.3) is 21.9 Å². The monoisotopic (exact) mass is 358 g/mol. The standard InChI is InChI=1S/C25H26O2/c1-27-17-11-12-18-20(15-17)24-19-9-5-6-10-21(19)25(22(24)16-23(18)26)13-7-3-2-4-8-14-25/h5-6,9-12,15-16,26H,2-4,7-8,13-14H2,1H3. The van der Waals surface area contributed by atoms with E-state index in [1.165, 1.54) is 67.2 Å². The SMILES string of the molecule is COc1ccc2c(O)cc3c(c2c1)-c1ccccc1C31CCCCCCC1. The van der Waals surface area contributed by atoms with Crippen LogP contribution in [0.4, 0.5) is 0 Å². The maximum absolute atomic E-state index is 10.9. The third-order valence-electron chi connectivity index (χ3n) is 6.76. The van der Waals surface area contributed by atoms with Crippen molar-refractivity contribution < 1.29 is 9.84 Å². The van der Waals surface area contributed by atoms with Gasteiger partial charge in [0.15, 0.2) is 0 Å². The molecule has 0 unspecified atom stereocenters. The molecule has 3 aromatic rings. The van der Waals surface area contributed by atoms with E-state index in [-0.39, 0.29) is 5.41 Å². The maximum Gasteiger partial charge on any atom is 0.123 e. The highest BCUT2D eigenvalue weighted by Gasteiger charge is 2.43. The number of fused-ring (bicyclic) bond motifs is 7. The van der Waals surface area contributed by atoms with E-state index in [2.05, 4.69) is 36.4 Å². The zero-order valence-corrected chi connectivity index (χ0v) is 15.9. The molecular weight excluding hydrogens is 332 g/mol. The van der Waals surface area contributed by atoms with Crippen LogP contribution in [0.5, 0.6) is 11.5 Å². The molecule has 138 valence electrons. The summed E-state index contributed by atoms with van der Waals surface area (Å²) in [6, 6.07) is 17.0. The molecular formula is C25H26O2. The van der Waals surface area contributed by atoms with Crippen LogP contribution in [-0.4, -0.2) is 12.2 Å². The van der Waals surface area contributed by atoms with E-state index < -0.39 is 0 Å². The van der Waals surface area contributed by atoms with Crippen LogP contribution >= 0.6 is 0 Å². The number of rotatable bonds is 1. The fourth-order valence-electron chi connectivity index (χ4n) is 5.49. The Morgan fingerprint density at radius 3 is 2.33 bits per heavy atom. The molecule has 0 amide bonds. The highest BCUT2D eigenvalue weighted by Crippen LogP contribution is 2.57. The van der Waals surface area contributed by atoms with E-state index in [0.717, 1.165) is 16.5 Å². The molecule has 0 aliphatic heterocycles. The number of methoxy groups -OCH3 is 1. The Bertz CT molecular complexity index is 1010. The Labute approximate surface area is 160 Å². The Balaban J connectivity index is 1.86. The van der Waals surface area contributed by atoms with Crippen molar-refractivity contribution in [2.24, 2.45) is 0 Å². The largest absolute Gasteiger partial charge is 0.507 e. The Kier molecular flexibility index (Phi) is 3.89. The molecule has 0 aromatic heterocycles. The molecule has 1 spiro atoms. The molecule has 1 N–H and O–H groups in total. The Morgan fingerprint density at radius 1 is 0.815 bits per heavy atom. The van der Waals surface area contributed by atoms with Gasteiger partial charge in [0, 0.05) is 10.8 Å². The molecule has 2 aliphatic carbocycles. The number of benzene rings is 3. The van der Waals surface area contributed by atoms with E-state index in [9.17, 15) is 5.11 Å². The smallest absolute Gasteiger partial charge is 0.123 e. The average Bonchev–Trinajstić information content (AvgIpc) is 2.95. The van der Waals surface area contributed by atoms with Crippen LogP contribution < -0.4 is 4.74 Å². The van der Waals surface area contributed by atoms with Gasteiger partial charge in [0.2, 0.25) is 0 Å². The fraction of sp³-hybridized carbons (Fsp3) is 0.360. The molecule has 27 heavy (non-hydrogen) atoms. The van der Waals surface area contributed by atoms with Crippen LogP contribution in [0.3, 0.4) is 0 Å². The van der Waals surface area contributed by atoms with Gasteiger partial charge in [-0.25, -0.2) is 0 Å². The third kappa shape index (κ3) is 2.39. The van der Waals surface area contributed by atoms with Gasteiger partial charge in [0.05, 0.1) is 7.11 Å². The molecule has 3 aromatic carbocycles. The zero-order valence-electron chi connectivity index (χ0n) is 15.9. The van der Waals surface area contributed by atoms with E-state index in [0.29, 0.717) is 5.75 Å². The topological polar surface area (TPSA) is 29.5 Å². The van der Waals surface area contributed by atoms with Crippen LogP contribution in [0, 0.1) is 0 Å². The highest BCUT2D eigenvalue weighted by atomic mass is 16.5. The molecule has 0 heterocycles. The van der Waals surface area contributed by atoms with Crippen molar-refractivity contribution in [1.29, 1.82) is 0 Å².